The maximum atomic E-state index is 2.57. The van der Waals surface area contributed by atoms with Crippen LogP contribution in [0.15, 0.2) is 18.2 Å². The van der Waals surface area contributed by atoms with Crippen molar-refractivity contribution in [1.82, 2.24) is 0 Å². The minimum absolute atomic E-state index is 0.673. The zero-order chi connectivity index (χ0) is 10.8. The largest absolute Gasteiger partial charge is 0.369 e. The highest BCUT2D eigenvalue weighted by molar-refractivity contribution is 5.57. The summed E-state index contributed by atoms with van der Waals surface area (Å²) in [5.74, 6) is 0. The normalized spacial score (nSPS) is 17.4. The topological polar surface area (TPSA) is 3.24 Å². The summed E-state index contributed by atoms with van der Waals surface area (Å²) >= 11 is 0. The van der Waals surface area contributed by atoms with Crippen LogP contribution < -0.4 is 4.90 Å². The predicted octanol–water partition coefficient (Wildman–Crippen LogP) is 3.55. The van der Waals surface area contributed by atoms with Crippen LogP contribution in [-0.4, -0.2) is 12.6 Å². The Morgan fingerprint density at radius 3 is 2.93 bits per heavy atom. The smallest absolute Gasteiger partial charge is 0.0401 e. The molecule has 1 unspecified atom stereocenters. The van der Waals surface area contributed by atoms with E-state index < -0.39 is 0 Å². The van der Waals surface area contributed by atoms with E-state index >= 15 is 0 Å². The third kappa shape index (κ3) is 2.01. The molecule has 15 heavy (non-hydrogen) atoms. The molecular weight excluding hydrogens is 182 g/mol. The van der Waals surface area contributed by atoms with E-state index in [-0.39, 0.29) is 0 Å². The van der Waals surface area contributed by atoms with E-state index in [2.05, 4.69) is 43.9 Å². The van der Waals surface area contributed by atoms with Crippen molar-refractivity contribution in [3.63, 3.8) is 0 Å². The van der Waals surface area contributed by atoms with Gasteiger partial charge < -0.3 is 4.90 Å². The van der Waals surface area contributed by atoms with E-state index in [1.807, 2.05) is 0 Å². The van der Waals surface area contributed by atoms with Gasteiger partial charge in [-0.25, -0.2) is 0 Å². The molecule has 0 radical (unpaired) electrons. The quantitative estimate of drug-likeness (QED) is 0.710. The molecule has 1 nitrogen and oxygen atoms in total. The molecule has 0 aliphatic carbocycles. The van der Waals surface area contributed by atoms with Crippen molar-refractivity contribution in [2.75, 3.05) is 11.4 Å². The van der Waals surface area contributed by atoms with Crippen LogP contribution >= 0.6 is 0 Å². The van der Waals surface area contributed by atoms with E-state index in [0.717, 1.165) is 0 Å². The number of fused-ring (bicyclic) bond motifs is 1. The van der Waals surface area contributed by atoms with Gasteiger partial charge in [-0.1, -0.05) is 24.6 Å². The molecule has 1 heteroatoms. The second-order valence-electron chi connectivity index (χ2n) is 4.69. The lowest BCUT2D eigenvalue weighted by atomic mass is 9.98. The lowest BCUT2D eigenvalue weighted by Crippen LogP contribution is -2.36. The van der Waals surface area contributed by atoms with Gasteiger partial charge in [-0.2, -0.15) is 0 Å². The maximum absolute atomic E-state index is 2.57. The van der Waals surface area contributed by atoms with Crippen molar-refractivity contribution >= 4 is 5.69 Å². The molecule has 0 aromatic heterocycles. The fraction of sp³-hybridized carbons (Fsp3) is 0.571. The molecule has 1 aliphatic rings. The van der Waals surface area contributed by atoms with E-state index in [9.17, 15) is 0 Å². The van der Waals surface area contributed by atoms with E-state index in [1.165, 1.54) is 37.1 Å². The number of aryl methyl sites for hydroxylation is 2. The molecule has 0 saturated heterocycles. The summed E-state index contributed by atoms with van der Waals surface area (Å²) in [5, 5.41) is 0. The summed E-state index contributed by atoms with van der Waals surface area (Å²) < 4.78 is 0. The molecule has 1 aliphatic heterocycles. The van der Waals surface area contributed by atoms with E-state index in [0.29, 0.717) is 6.04 Å². The highest BCUT2D eigenvalue weighted by Crippen LogP contribution is 2.29. The molecule has 0 N–H and O–H groups in total. The fourth-order valence-corrected chi connectivity index (χ4v) is 2.43. The van der Waals surface area contributed by atoms with Gasteiger partial charge in [-0.05, 0) is 44.7 Å². The molecule has 0 spiro atoms. The maximum Gasteiger partial charge on any atom is 0.0401 e. The molecule has 1 aromatic carbocycles. The molecule has 2 rings (SSSR count). The molecule has 1 aromatic rings. The van der Waals surface area contributed by atoms with Gasteiger partial charge in [-0.15, -0.1) is 0 Å². The average molecular weight is 203 g/mol. The first kappa shape index (κ1) is 10.5. The summed E-state index contributed by atoms with van der Waals surface area (Å²) in [4.78, 5) is 2.57. The van der Waals surface area contributed by atoms with Crippen molar-refractivity contribution in [3.8, 4) is 0 Å². The van der Waals surface area contributed by atoms with Crippen LogP contribution in [0.2, 0.25) is 0 Å². The standard InChI is InChI=1S/C14H21N/c1-4-12(3)15-9-5-6-13-10-11(2)7-8-14(13)15/h7-8,10,12H,4-6,9H2,1-3H3. The number of rotatable bonds is 2. The van der Waals surface area contributed by atoms with Gasteiger partial charge in [0.05, 0.1) is 0 Å². The number of benzene rings is 1. The zero-order valence-corrected chi connectivity index (χ0v) is 10.1. The third-order valence-corrected chi connectivity index (χ3v) is 3.51. The van der Waals surface area contributed by atoms with Gasteiger partial charge in [0, 0.05) is 18.3 Å². The van der Waals surface area contributed by atoms with Crippen LogP contribution in [-0.2, 0) is 6.42 Å². The molecule has 0 amide bonds. The summed E-state index contributed by atoms with van der Waals surface area (Å²) in [5.41, 5.74) is 4.41. The predicted molar refractivity (Wildman–Crippen MR) is 66.6 cm³/mol. The Balaban J connectivity index is 2.34. The highest BCUT2D eigenvalue weighted by Gasteiger charge is 2.19. The second-order valence-corrected chi connectivity index (χ2v) is 4.69. The fourth-order valence-electron chi connectivity index (χ4n) is 2.43. The molecular formula is C14H21N. The van der Waals surface area contributed by atoms with Crippen LogP contribution in [0.1, 0.15) is 37.8 Å². The van der Waals surface area contributed by atoms with Crippen LogP contribution in [0, 0.1) is 6.92 Å². The Morgan fingerprint density at radius 1 is 1.40 bits per heavy atom. The minimum Gasteiger partial charge on any atom is -0.369 e. The first-order chi connectivity index (χ1) is 7.22. The van der Waals surface area contributed by atoms with Gasteiger partial charge in [0.1, 0.15) is 0 Å². The van der Waals surface area contributed by atoms with E-state index in [1.54, 1.807) is 5.56 Å². The van der Waals surface area contributed by atoms with Gasteiger partial charge in [0.25, 0.3) is 0 Å². The Kier molecular flexibility index (Phi) is 2.99. The first-order valence-corrected chi connectivity index (χ1v) is 6.08. The van der Waals surface area contributed by atoms with Crippen LogP contribution in [0.3, 0.4) is 0 Å². The molecule has 1 atom stereocenters. The zero-order valence-electron chi connectivity index (χ0n) is 10.1. The molecule has 0 bridgehead atoms. The van der Waals surface area contributed by atoms with Gasteiger partial charge in [-0.3, -0.25) is 0 Å². The van der Waals surface area contributed by atoms with Crippen molar-refractivity contribution in [2.24, 2.45) is 0 Å². The molecule has 1 heterocycles. The molecule has 0 saturated carbocycles. The van der Waals surface area contributed by atoms with Crippen LogP contribution in [0.25, 0.3) is 0 Å². The van der Waals surface area contributed by atoms with Crippen molar-refractivity contribution in [1.29, 1.82) is 0 Å². The van der Waals surface area contributed by atoms with Gasteiger partial charge in [0.15, 0.2) is 0 Å². The monoisotopic (exact) mass is 203 g/mol. The van der Waals surface area contributed by atoms with Gasteiger partial charge in [0.2, 0.25) is 0 Å². The molecule has 0 fully saturated rings. The van der Waals surface area contributed by atoms with Crippen molar-refractivity contribution in [3.05, 3.63) is 29.3 Å². The summed E-state index contributed by atoms with van der Waals surface area (Å²) in [7, 11) is 0. The Hall–Kier alpha value is -0.980. The summed E-state index contributed by atoms with van der Waals surface area (Å²) in [6.45, 7) is 8.01. The van der Waals surface area contributed by atoms with Crippen LogP contribution in [0.5, 0.6) is 0 Å². The Labute approximate surface area is 93.1 Å². The molecule has 82 valence electrons. The number of nitrogens with zero attached hydrogens (tertiary/aromatic N) is 1. The van der Waals surface area contributed by atoms with Crippen LogP contribution in [0.4, 0.5) is 5.69 Å². The lowest BCUT2D eigenvalue weighted by molar-refractivity contribution is 0.579. The van der Waals surface area contributed by atoms with Crippen molar-refractivity contribution in [2.45, 2.75) is 46.1 Å². The third-order valence-electron chi connectivity index (χ3n) is 3.51. The van der Waals surface area contributed by atoms with Crippen molar-refractivity contribution < 1.29 is 0 Å². The summed E-state index contributed by atoms with van der Waals surface area (Å²) in [6.07, 6.45) is 3.79. The number of hydrogen-bond acceptors (Lipinski definition) is 1. The first-order valence-electron chi connectivity index (χ1n) is 6.08. The summed E-state index contributed by atoms with van der Waals surface area (Å²) in [6, 6.07) is 7.56. The van der Waals surface area contributed by atoms with Gasteiger partial charge >= 0.3 is 0 Å². The Morgan fingerprint density at radius 2 is 2.20 bits per heavy atom. The SMILES string of the molecule is CCC(C)N1CCCc2cc(C)ccc21. The second kappa shape index (κ2) is 4.26. The minimum atomic E-state index is 0.673. The number of hydrogen-bond donors (Lipinski definition) is 0. The average Bonchev–Trinajstić information content (AvgIpc) is 2.26. The lowest BCUT2D eigenvalue weighted by Gasteiger charge is -2.36. The van der Waals surface area contributed by atoms with E-state index in [4.69, 9.17) is 0 Å². The Bertz CT molecular complexity index is 343. The number of anilines is 1. The highest BCUT2D eigenvalue weighted by atomic mass is 15.2.